The maximum absolute atomic E-state index is 3.65. The normalized spacial score (nSPS) is 27.1. The van der Waals surface area contributed by atoms with E-state index in [1.807, 2.05) is 0 Å². The van der Waals surface area contributed by atoms with Crippen molar-refractivity contribution in [2.45, 2.75) is 45.3 Å². The molecule has 2 heteroatoms. The van der Waals surface area contributed by atoms with Crippen molar-refractivity contribution in [2.24, 2.45) is 0 Å². The molecule has 1 aliphatic heterocycles. The van der Waals surface area contributed by atoms with Crippen molar-refractivity contribution in [3.05, 3.63) is 35.9 Å². The Kier molecular flexibility index (Phi) is 3.55. The topological polar surface area (TPSA) is 15.3 Å². The van der Waals surface area contributed by atoms with Crippen molar-refractivity contribution in [3.8, 4) is 0 Å². The molecule has 1 aromatic rings. The summed E-state index contributed by atoms with van der Waals surface area (Å²) in [6.07, 6.45) is 0. The average Bonchev–Trinajstić information content (AvgIpc) is 2.29. The predicted molar refractivity (Wildman–Crippen MR) is 73.1 cm³/mol. The Labute approximate surface area is 105 Å². The first-order valence-corrected chi connectivity index (χ1v) is 6.53. The van der Waals surface area contributed by atoms with E-state index < -0.39 is 0 Å². The minimum Gasteiger partial charge on any atom is -0.307 e. The van der Waals surface area contributed by atoms with E-state index in [2.05, 4.69) is 68.2 Å². The van der Waals surface area contributed by atoms with Gasteiger partial charge >= 0.3 is 0 Å². The minimum atomic E-state index is 0.245. The molecule has 1 fully saturated rings. The van der Waals surface area contributed by atoms with Gasteiger partial charge in [-0.15, -0.1) is 0 Å². The van der Waals surface area contributed by atoms with Gasteiger partial charge in [-0.25, -0.2) is 0 Å². The first-order valence-electron chi connectivity index (χ1n) is 6.53. The Morgan fingerprint density at radius 2 is 1.82 bits per heavy atom. The van der Waals surface area contributed by atoms with Crippen LogP contribution in [0.3, 0.4) is 0 Å². The molecule has 1 aliphatic rings. The lowest BCUT2D eigenvalue weighted by Crippen LogP contribution is -2.58. The molecule has 0 aliphatic carbocycles. The van der Waals surface area contributed by atoms with E-state index in [1.165, 1.54) is 5.56 Å². The summed E-state index contributed by atoms with van der Waals surface area (Å²) >= 11 is 0. The molecule has 2 nitrogen and oxygen atoms in total. The molecule has 0 radical (unpaired) electrons. The van der Waals surface area contributed by atoms with Gasteiger partial charge in [-0.3, -0.25) is 4.90 Å². The molecule has 2 rings (SSSR count). The minimum absolute atomic E-state index is 0.245. The van der Waals surface area contributed by atoms with Crippen LogP contribution < -0.4 is 5.32 Å². The smallest absolute Gasteiger partial charge is 0.0450 e. The molecule has 1 aromatic carbocycles. The standard InChI is InChI=1S/C15H24N2/c1-12-10-16-14(11-17(12)15(2,3)4)13-8-6-5-7-9-13/h5-9,12,14,16H,10-11H2,1-4H3. The molecule has 0 bridgehead atoms. The van der Waals surface area contributed by atoms with Crippen LogP contribution in [-0.4, -0.2) is 29.6 Å². The molecule has 17 heavy (non-hydrogen) atoms. The molecule has 2 atom stereocenters. The predicted octanol–water partition coefficient (Wildman–Crippen LogP) is 2.82. The van der Waals surface area contributed by atoms with Gasteiger partial charge in [0.2, 0.25) is 0 Å². The summed E-state index contributed by atoms with van der Waals surface area (Å²) in [5.41, 5.74) is 1.64. The highest BCUT2D eigenvalue weighted by atomic mass is 15.3. The van der Waals surface area contributed by atoms with E-state index in [4.69, 9.17) is 0 Å². The van der Waals surface area contributed by atoms with Gasteiger partial charge < -0.3 is 5.32 Å². The molecule has 1 heterocycles. The third-order valence-electron chi connectivity index (χ3n) is 3.63. The van der Waals surface area contributed by atoms with Gasteiger partial charge in [0, 0.05) is 30.7 Å². The lowest BCUT2D eigenvalue weighted by molar-refractivity contribution is 0.0495. The van der Waals surface area contributed by atoms with Crippen LogP contribution in [0.15, 0.2) is 30.3 Å². The summed E-state index contributed by atoms with van der Waals surface area (Å²) in [7, 11) is 0. The fraction of sp³-hybridized carbons (Fsp3) is 0.600. The number of piperazine rings is 1. The summed E-state index contributed by atoms with van der Waals surface area (Å²) in [5.74, 6) is 0. The first kappa shape index (κ1) is 12.6. The number of hydrogen-bond donors (Lipinski definition) is 1. The summed E-state index contributed by atoms with van der Waals surface area (Å²) in [5, 5.41) is 3.65. The average molecular weight is 232 g/mol. The van der Waals surface area contributed by atoms with Crippen LogP contribution in [0.2, 0.25) is 0 Å². The zero-order valence-corrected chi connectivity index (χ0v) is 11.4. The highest BCUT2D eigenvalue weighted by molar-refractivity contribution is 5.20. The van der Waals surface area contributed by atoms with Gasteiger partial charge in [0.15, 0.2) is 0 Å². The lowest BCUT2D eigenvalue weighted by Gasteiger charge is -2.46. The zero-order valence-electron chi connectivity index (χ0n) is 11.4. The van der Waals surface area contributed by atoms with Crippen molar-refractivity contribution in [2.75, 3.05) is 13.1 Å². The van der Waals surface area contributed by atoms with E-state index in [0.29, 0.717) is 12.1 Å². The second-order valence-electron chi connectivity index (χ2n) is 6.04. The van der Waals surface area contributed by atoms with Gasteiger partial charge in [0.1, 0.15) is 0 Å². The molecule has 0 spiro atoms. The van der Waals surface area contributed by atoms with Crippen molar-refractivity contribution in [3.63, 3.8) is 0 Å². The molecule has 2 unspecified atom stereocenters. The Morgan fingerprint density at radius 3 is 2.41 bits per heavy atom. The fourth-order valence-corrected chi connectivity index (χ4v) is 2.71. The van der Waals surface area contributed by atoms with Gasteiger partial charge in [0.25, 0.3) is 0 Å². The second kappa shape index (κ2) is 4.79. The zero-order chi connectivity index (χ0) is 12.5. The maximum atomic E-state index is 3.65. The second-order valence-corrected chi connectivity index (χ2v) is 6.04. The summed E-state index contributed by atoms with van der Waals surface area (Å²) in [6, 6.07) is 11.8. The van der Waals surface area contributed by atoms with Crippen LogP contribution in [0.4, 0.5) is 0 Å². The van der Waals surface area contributed by atoms with Crippen LogP contribution in [0.1, 0.15) is 39.3 Å². The summed E-state index contributed by atoms with van der Waals surface area (Å²) in [6.45, 7) is 11.4. The molecule has 0 amide bonds. The van der Waals surface area contributed by atoms with E-state index in [1.54, 1.807) is 0 Å². The van der Waals surface area contributed by atoms with E-state index >= 15 is 0 Å². The maximum Gasteiger partial charge on any atom is 0.0450 e. The van der Waals surface area contributed by atoms with Crippen LogP contribution in [0.25, 0.3) is 0 Å². The van der Waals surface area contributed by atoms with E-state index in [0.717, 1.165) is 13.1 Å². The molecule has 1 saturated heterocycles. The first-order chi connectivity index (χ1) is 7.98. The van der Waals surface area contributed by atoms with Crippen LogP contribution >= 0.6 is 0 Å². The molecular formula is C15H24N2. The lowest BCUT2D eigenvalue weighted by atomic mass is 9.96. The van der Waals surface area contributed by atoms with E-state index in [-0.39, 0.29) is 5.54 Å². The number of nitrogens with zero attached hydrogens (tertiary/aromatic N) is 1. The quantitative estimate of drug-likeness (QED) is 0.801. The monoisotopic (exact) mass is 232 g/mol. The summed E-state index contributed by atoms with van der Waals surface area (Å²) < 4.78 is 0. The van der Waals surface area contributed by atoms with Crippen molar-refractivity contribution < 1.29 is 0 Å². The Balaban J connectivity index is 2.13. The third kappa shape index (κ3) is 2.88. The number of hydrogen-bond acceptors (Lipinski definition) is 2. The fourth-order valence-electron chi connectivity index (χ4n) is 2.71. The third-order valence-corrected chi connectivity index (χ3v) is 3.63. The van der Waals surface area contributed by atoms with Gasteiger partial charge in [0.05, 0.1) is 0 Å². The molecule has 0 saturated carbocycles. The highest BCUT2D eigenvalue weighted by Gasteiger charge is 2.32. The molecule has 0 aromatic heterocycles. The van der Waals surface area contributed by atoms with Gasteiger partial charge in [-0.2, -0.15) is 0 Å². The van der Waals surface area contributed by atoms with Gasteiger partial charge in [-0.05, 0) is 33.3 Å². The number of rotatable bonds is 1. The van der Waals surface area contributed by atoms with Crippen molar-refractivity contribution >= 4 is 0 Å². The molecule has 1 N–H and O–H groups in total. The van der Waals surface area contributed by atoms with E-state index in [9.17, 15) is 0 Å². The van der Waals surface area contributed by atoms with Crippen molar-refractivity contribution in [1.29, 1.82) is 0 Å². The largest absolute Gasteiger partial charge is 0.307 e. The Hall–Kier alpha value is -0.860. The van der Waals surface area contributed by atoms with Crippen LogP contribution in [0, 0.1) is 0 Å². The molecular weight excluding hydrogens is 208 g/mol. The summed E-state index contributed by atoms with van der Waals surface area (Å²) in [4.78, 5) is 2.60. The van der Waals surface area contributed by atoms with Crippen LogP contribution in [0.5, 0.6) is 0 Å². The Morgan fingerprint density at radius 1 is 1.18 bits per heavy atom. The highest BCUT2D eigenvalue weighted by Crippen LogP contribution is 2.25. The van der Waals surface area contributed by atoms with Gasteiger partial charge in [-0.1, -0.05) is 30.3 Å². The van der Waals surface area contributed by atoms with Crippen LogP contribution in [-0.2, 0) is 0 Å². The Bertz CT molecular complexity index is 353. The SMILES string of the molecule is CC1CNC(c2ccccc2)CN1C(C)(C)C. The number of nitrogens with one attached hydrogen (secondary N) is 1. The molecule has 94 valence electrons. The number of benzene rings is 1. The van der Waals surface area contributed by atoms with Crippen molar-refractivity contribution in [1.82, 2.24) is 10.2 Å².